The summed E-state index contributed by atoms with van der Waals surface area (Å²) >= 11 is 7.20. The van der Waals surface area contributed by atoms with Crippen molar-refractivity contribution < 1.29 is 9.21 Å². The maximum atomic E-state index is 12.0. The van der Waals surface area contributed by atoms with Crippen molar-refractivity contribution in [2.24, 2.45) is 0 Å². The zero-order chi connectivity index (χ0) is 16.9. The van der Waals surface area contributed by atoms with Crippen LogP contribution >= 0.6 is 23.4 Å². The minimum atomic E-state index is -0.180. The topological polar surface area (TPSA) is 80.9 Å². The van der Waals surface area contributed by atoms with Gasteiger partial charge in [-0.25, -0.2) is 0 Å². The van der Waals surface area contributed by atoms with E-state index in [1.807, 2.05) is 19.1 Å². The van der Waals surface area contributed by atoms with Gasteiger partial charge in [0.1, 0.15) is 0 Å². The van der Waals surface area contributed by atoms with E-state index in [2.05, 4.69) is 20.5 Å². The number of thioether (sulfide) groups is 1. The van der Waals surface area contributed by atoms with Crippen LogP contribution < -0.4 is 5.32 Å². The molecule has 0 spiro atoms. The molecule has 1 N–H and O–H groups in total. The van der Waals surface area contributed by atoms with Gasteiger partial charge in [0.25, 0.3) is 5.22 Å². The molecule has 0 atom stereocenters. The Balaban J connectivity index is 1.56. The monoisotopic (exact) mass is 360 g/mol. The molecule has 0 saturated carbocycles. The SMILES string of the molecule is Cc1ccc(NC(=O)CSc2nnc(-c3cccnc3)o2)cc1Cl. The fraction of sp³-hybridized carbons (Fsp3) is 0.125. The lowest BCUT2D eigenvalue weighted by molar-refractivity contribution is -0.113. The molecule has 2 aromatic heterocycles. The van der Waals surface area contributed by atoms with Gasteiger partial charge in [-0.05, 0) is 36.8 Å². The van der Waals surface area contributed by atoms with Gasteiger partial charge in [0.15, 0.2) is 0 Å². The Labute approximate surface area is 147 Å². The number of nitrogens with zero attached hydrogens (tertiary/aromatic N) is 3. The molecule has 1 aromatic carbocycles. The molecule has 3 rings (SSSR count). The van der Waals surface area contributed by atoms with E-state index in [-0.39, 0.29) is 11.7 Å². The van der Waals surface area contributed by atoms with Gasteiger partial charge in [0.2, 0.25) is 11.8 Å². The van der Waals surface area contributed by atoms with Crippen molar-refractivity contribution >= 4 is 35.0 Å². The largest absolute Gasteiger partial charge is 0.411 e. The van der Waals surface area contributed by atoms with Crippen molar-refractivity contribution in [3.63, 3.8) is 0 Å². The number of anilines is 1. The summed E-state index contributed by atoms with van der Waals surface area (Å²) < 4.78 is 5.50. The Morgan fingerprint density at radius 1 is 1.33 bits per heavy atom. The van der Waals surface area contributed by atoms with Crippen molar-refractivity contribution in [1.82, 2.24) is 15.2 Å². The third kappa shape index (κ3) is 4.12. The predicted octanol–water partition coefficient (Wildman–Crippen LogP) is 3.82. The minimum Gasteiger partial charge on any atom is -0.411 e. The lowest BCUT2D eigenvalue weighted by atomic mass is 10.2. The zero-order valence-corrected chi connectivity index (χ0v) is 14.3. The highest BCUT2D eigenvalue weighted by atomic mass is 35.5. The highest BCUT2D eigenvalue weighted by Gasteiger charge is 2.11. The first-order chi connectivity index (χ1) is 11.6. The molecule has 1 amide bonds. The number of nitrogens with one attached hydrogen (secondary N) is 1. The van der Waals surface area contributed by atoms with Crippen molar-refractivity contribution in [3.05, 3.63) is 53.3 Å². The average molecular weight is 361 g/mol. The standard InChI is InChI=1S/C16H13ClN4O2S/c1-10-4-5-12(7-13(10)17)19-14(22)9-24-16-21-20-15(23-16)11-3-2-6-18-8-11/h2-8H,9H2,1H3,(H,19,22). The van der Waals surface area contributed by atoms with E-state index in [4.69, 9.17) is 16.0 Å². The number of hydrogen-bond acceptors (Lipinski definition) is 6. The Morgan fingerprint density at radius 2 is 2.21 bits per heavy atom. The van der Waals surface area contributed by atoms with Crippen molar-refractivity contribution in [2.45, 2.75) is 12.1 Å². The molecule has 24 heavy (non-hydrogen) atoms. The first-order valence-electron chi connectivity index (χ1n) is 7.04. The van der Waals surface area contributed by atoms with Crippen LogP contribution in [-0.2, 0) is 4.79 Å². The molecule has 0 aliphatic carbocycles. The highest BCUT2D eigenvalue weighted by Crippen LogP contribution is 2.23. The molecular weight excluding hydrogens is 348 g/mol. The number of rotatable bonds is 5. The van der Waals surface area contributed by atoms with Gasteiger partial charge in [-0.15, -0.1) is 10.2 Å². The maximum Gasteiger partial charge on any atom is 0.277 e. The fourth-order valence-corrected chi connectivity index (χ4v) is 2.61. The molecule has 0 aliphatic rings. The number of carbonyl (C=O) groups is 1. The molecule has 0 bridgehead atoms. The Morgan fingerprint density at radius 3 is 2.96 bits per heavy atom. The van der Waals surface area contributed by atoms with Crippen molar-refractivity contribution in [3.8, 4) is 11.5 Å². The third-order valence-electron chi connectivity index (χ3n) is 3.10. The molecule has 0 unspecified atom stereocenters. The number of halogens is 1. The van der Waals surface area contributed by atoms with Crippen molar-refractivity contribution in [2.75, 3.05) is 11.1 Å². The summed E-state index contributed by atoms with van der Waals surface area (Å²) in [5.74, 6) is 0.345. The summed E-state index contributed by atoms with van der Waals surface area (Å²) in [6.07, 6.45) is 3.30. The summed E-state index contributed by atoms with van der Waals surface area (Å²) in [4.78, 5) is 16.0. The van der Waals surface area contributed by atoms with Gasteiger partial charge >= 0.3 is 0 Å². The van der Waals surface area contributed by atoms with E-state index in [1.54, 1.807) is 30.6 Å². The van der Waals surface area contributed by atoms with Crippen LogP contribution in [0.4, 0.5) is 5.69 Å². The molecule has 6 nitrogen and oxygen atoms in total. The molecule has 2 heterocycles. The van der Waals surface area contributed by atoms with E-state index < -0.39 is 0 Å². The summed E-state index contributed by atoms with van der Waals surface area (Å²) in [6, 6.07) is 8.97. The van der Waals surface area contributed by atoms with Gasteiger partial charge in [0.05, 0.1) is 11.3 Å². The van der Waals surface area contributed by atoms with Crippen LogP contribution in [0.5, 0.6) is 0 Å². The summed E-state index contributed by atoms with van der Waals surface area (Å²) in [7, 11) is 0. The van der Waals surface area contributed by atoms with E-state index >= 15 is 0 Å². The molecule has 3 aromatic rings. The number of pyridine rings is 1. The zero-order valence-electron chi connectivity index (χ0n) is 12.7. The van der Waals surface area contributed by atoms with Gasteiger partial charge < -0.3 is 9.73 Å². The van der Waals surface area contributed by atoms with E-state index in [9.17, 15) is 4.79 Å². The number of aryl methyl sites for hydroxylation is 1. The first kappa shape index (κ1) is 16.5. The lowest BCUT2D eigenvalue weighted by Gasteiger charge is -2.05. The van der Waals surface area contributed by atoms with Gasteiger partial charge in [-0.2, -0.15) is 0 Å². The van der Waals surface area contributed by atoms with Crippen molar-refractivity contribution in [1.29, 1.82) is 0 Å². The second-order valence-electron chi connectivity index (χ2n) is 4.92. The van der Waals surface area contributed by atoms with Crippen LogP contribution in [0.2, 0.25) is 5.02 Å². The Hall–Kier alpha value is -2.38. The van der Waals surface area contributed by atoms with Crippen LogP contribution in [0, 0.1) is 6.92 Å². The number of benzene rings is 1. The maximum absolute atomic E-state index is 12.0. The molecule has 8 heteroatoms. The van der Waals surface area contributed by atoms with Crippen LogP contribution in [0.15, 0.2) is 52.4 Å². The van der Waals surface area contributed by atoms with Crippen LogP contribution in [0.1, 0.15) is 5.56 Å². The summed E-state index contributed by atoms with van der Waals surface area (Å²) in [5, 5.41) is 11.6. The van der Waals surface area contributed by atoms with E-state index in [0.29, 0.717) is 21.8 Å². The smallest absolute Gasteiger partial charge is 0.277 e. The van der Waals surface area contributed by atoms with E-state index in [1.165, 1.54) is 0 Å². The van der Waals surface area contributed by atoms with Crippen LogP contribution in [0.25, 0.3) is 11.5 Å². The third-order valence-corrected chi connectivity index (χ3v) is 4.32. The second-order valence-corrected chi connectivity index (χ2v) is 6.25. The quantitative estimate of drug-likeness (QED) is 0.696. The van der Waals surface area contributed by atoms with Gasteiger partial charge in [0, 0.05) is 23.1 Å². The summed E-state index contributed by atoms with van der Waals surface area (Å²) in [6.45, 7) is 1.90. The number of aromatic nitrogens is 3. The average Bonchev–Trinajstić information content (AvgIpc) is 3.06. The Kier molecular flexibility index (Phi) is 5.12. The minimum absolute atomic E-state index is 0.153. The first-order valence-corrected chi connectivity index (χ1v) is 8.41. The van der Waals surface area contributed by atoms with Gasteiger partial charge in [-0.3, -0.25) is 9.78 Å². The summed E-state index contributed by atoms with van der Waals surface area (Å²) in [5.41, 5.74) is 2.34. The predicted molar refractivity (Wildman–Crippen MR) is 93.1 cm³/mol. The van der Waals surface area contributed by atoms with E-state index in [0.717, 1.165) is 22.9 Å². The number of amides is 1. The normalized spacial score (nSPS) is 10.6. The molecule has 0 radical (unpaired) electrons. The van der Waals surface area contributed by atoms with Gasteiger partial charge in [-0.1, -0.05) is 29.4 Å². The second kappa shape index (κ2) is 7.46. The fourth-order valence-electron chi connectivity index (χ4n) is 1.87. The van der Waals surface area contributed by atoms with Crippen LogP contribution in [-0.4, -0.2) is 26.8 Å². The molecule has 122 valence electrons. The Bertz CT molecular complexity index is 854. The molecular formula is C16H13ClN4O2S. The molecule has 0 saturated heterocycles. The molecule has 0 aliphatic heterocycles. The number of carbonyl (C=O) groups excluding carboxylic acids is 1. The lowest BCUT2D eigenvalue weighted by Crippen LogP contribution is -2.14. The highest BCUT2D eigenvalue weighted by molar-refractivity contribution is 7.99. The molecule has 0 fully saturated rings. The van der Waals surface area contributed by atoms with Crippen LogP contribution in [0.3, 0.4) is 0 Å². The number of hydrogen-bond donors (Lipinski definition) is 1.